The second-order valence-corrected chi connectivity index (χ2v) is 19.8. The lowest BCUT2D eigenvalue weighted by atomic mass is 9.91. The molecule has 5 heterocycles. The van der Waals surface area contributed by atoms with Crippen LogP contribution in [0, 0.1) is 0 Å². The maximum atomic E-state index is 14.0. The number of rotatable bonds is 8. The molecule has 0 spiro atoms. The Hall–Kier alpha value is -6.92. The molecule has 4 aromatic carbocycles. The zero-order chi connectivity index (χ0) is 45.3. The highest BCUT2D eigenvalue weighted by atomic mass is 32.2. The van der Waals surface area contributed by atoms with Crippen LogP contribution < -0.4 is 0 Å². The van der Waals surface area contributed by atoms with Crippen molar-refractivity contribution < 1.29 is 57.4 Å². The van der Waals surface area contributed by atoms with Gasteiger partial charge in [0, 0.05) is 27.8 Å². The maximum absolute atomic E-state index is 14.0. The highest BCUT2D eigenvalue weighted by Gasteiger charge is 2.41. The van der Waals surface area contributed by atoms with E-state index < -0.39 is 82.4 Å². The molecule has 0 amide bonds. The SMILES string of the molecule is O.O=S(=O)(O)C1=C(c2ccccc2)c2nc1c(S(=O)(=O)O)c1[nH]c(cc3nc(cc4[nH]c(c2-c2ccccc2)c(-c2ccccc2)c4-c2ccccc2)C=C3)c(S(=O)(=O)O)c1S(=O)(=O)O. The fourth-order valence-electron chi connectivity index (χ4n) is 7.99. The monoisotopic (exact) mass is 952 g/mol. The highest BCUT2D eigenvalue weighted by molar-refractivity contribution is 7.96. The van der Waals surface area contributed by atoms with Gasteiger partial charge in [-0.15, -0.1) is 0 Å². The molecule has 8 bridgehead atoms. The van der Waals surface area contributed by atoms with Crippen LogP contribution in [0.15, 0.2) is 148 Å². The lowest BCUT2D eigenvalue weighted by Gasteiger charge is -2.13. The van der Waals surface area contributed by atoms with Crippen molar-refractivity contribution in [3.8, 4) is 33.4 Å². The minimum atomic E-state index is -6.02. The predicted octanol–water partition coefficient (Wildman–Crippen LogP) is 7.21. The van der Waals surface area contributed by atoms with Crippen LogP contribution >= 0.6 is 0 Å². The third-order valence-electron chi connectivity index (χ3n) is 10.3. The van der Waals surface area contributed by atoms with Crippen molar-refractivity contribution in [2.75, 3.05) is 0 Å². The molecule has 0 radical (unpaired) electrons. The molecule has 0 fully saturated rings. The van der Waals surface area contributed by atoms with Gasteiger partial charge in [-0.3, -0.25) is 18.2 Å². The number of benzene rings is 4. The molecule has 9 rings (SSSR count). The summed E-state index contributed by atoms with van der Waals surface area (Å²) in [5.74, 6) is 0. The lowest BCUT2D eigenvalue weighted by molar-refractivity contribution is 0.468. The zero-order valence-electron chi connectivity index (χ0n) is 32.9. The molecule has 3 aromatic heterocycles. The van der Waals surface area contributed by atoms with Crippen LogP contribution in [0.1, 0.15) is 28.3 Å². The van der Waals surface area contributed by atoms with Crippen LogP contribution in [0.5, 0.6) is 0 Å². The van der Waals surface area contributed by atoms with Crippen molar-refractivity contribution in [1.82, 2.24) is 19.9 Å². The number of H-pyrrole nitrogens is 2. The summed E-state index contributed by atoms with van der Waals surface area (Å²) in [5.41, 5.74) is -0.535. The fourth-order valence-corrected chi connectivity index (χ4v) is 11.9. The van der Waals surface area contributed by atoms with Crippen LogP contribution in [0.25, 0.3) is 78.1 Å². The van der Waals surface area contributed by atoms with E-state index in [1.807, 2.05) is 48.5 Å². The summed E-state index contributed by atoms with van der Waals surface area (Å²) in [6.07, 6.45) is 2.92. The molecule has 7 aromatic rings. The van der Waals surface area contributed by atoms with Crippen LogP contribution in [-0.4, -0.2) is 77.3 Å². The van der Waals surface area contributed by atoms with Crippen molar-refractivity contribution >= 4 is 85.2 Å². The number of aromatic nitrogens is 4. The molecule has 0 unspecified atom stereocenters. The molecule has 17 nitrogen and oxygen atoms in total. The smallest absolute Gasteiger partial charge is 0.298 e. The first-order chi connectivity index (χ1) is 30.3. The van der Waals surface area contributed by atoms with Gasteiger partial charge >= 0.3 is 0 Å². The normalized spacial score (nSPS) is 13.2. The molecular weight excluding hydrogens is 921 g/mol. The standard InChI is InChI=1S/C44H30N4O12S4.H2O/c49-61(50,51)41-32-24-30-22-21-29(45-30)23-31-33(25-13-5-1-6-14-25)34(26-15-7-2-8-16-26)37(46-31)35(27-17-9-3-10-18-27)38-36(28-19-11-4-12-20-28)42(62(52,53)54)39(48-38)43(63(55,56)57)40(47-32)44(41)64(58,59)60;/h1-24,46-47H,(H,49,50,51)(H,52,53,54)(H,55,56,57)(H,58,59,60);1H2. The lowest BCUT2D eigenvalue weighted by Crippen LogP contribution is -2.11. The molecule has 8 N–H and O–H groups in total. The molecule has 0 saturated heterocycles. The van der Waals surface area contributed by atoms with Crippen molar-refractivity contribution in [1.29, 1.82) is 0 Å². The van der Waals surface area contributed by atoms with Gasteiger partial charge in [0.1, 0.15) is 25.3 Å². The number of aromatic amines is 2. The van der Waals surface area contributed by atoms with Gasteiger partial charge in [0.25, 0.3) is 40.5 Å². The van der Waals surface area contributed by atoms with Crippen molar-refractivity contribution in [2.24, 2.45) is 0 Å². The quantitative estimate of drug-likeness (QED) is 0.0821. The molecule has 65 heavy (non-hydrogen) atoms. The summed E-state index contributed by atoms with van der Waals surface area (Å²) < 4.78 is 152. The van der Waals surface area contributed by atoms with E-state index in [0.29, 0.717) is 33.3 Å². The highest BCUT2D eigenvalue weighted by Crippen LogP contribution is 2.49. The molecule has 2 aliphatic rings. The number of nitrogens with zero attached hydrogens (tertiary/aromatic N) is 2. The van der Waals surface area contributed by atoms with Gasteiger partial charge in [0.05, 0.1) is 33.6 Å². The molecule has 330 valence electrons. The van der Waals surface area contributed by atoms with E-state index in [2.05, 4.69) is 19.9 Å². The molecule has 2 aliphatic heterocycles. The largest absolute Gasteiger partial charge is 0.412 e. The Morgan fingerprint density at radius 2 is 0.815 bits per heavy atom. The van der Waals surface area contributed by atoms with Crippen LogP contribution in [-0.2, 0) is 40.5 Å². The van der Waals surface area contributed by atoms with Gasteiger partial charge in [-0.2, -0.15) is 33.7 Å². The van der Waals surface area contributed by atoms with Crippen LogP contribution in [0.4, 0.5) is 0 Å². The molecule has 0 saturated carbocycles. The Bertz CT molecular complexity index is 3800. The minimum absolute atomic E-state index is 0. The number of fused-ring (bicyclic) bond motifs is 8. The van der Waals surface area contributed by atoms with Crippen LogP contribution in [0.2, 0.25) is 0 Å². The maximum Gasteiger partial charge on any atom is 0.298 e. The predicted molar refractivity (Wildman–Crippen MR) is 243 cm³/mol. The van der Waals surface area contributed by atoms with Crippen molar-refractivity contribution in [3.05, 3.63) is 162 Å². The zero-order valence-corrected chi connectivity index (χ0v) is 36.2. The molecule has 21 heteroatoms. The summed E-state index contributed by atoms with van der Waals surface area (Å²) in [6, 6.07) is 36.7. The number of hydrogen-bond donors (Lipinski definition) is 6. The Labute approximate surface area is 370 Å². The fraction of sp³-hybridized carbons (Fsp3) is 0. The Kier molecular flexibility index (Phi) is 11.2. The minimum Gasteiger partial charge on any atom is -0.412 e. The second kappa shape index (κ2) is 16.3. The van der Waals surface area contributed by atoms with Crippen LogP contribution in [0.3, 0.4) is 0 Å². The second-order valence-electron chi connectivity index (χ2n) is 14.4. The van der Waals surface area contributed by atoms with Gasteiger partial charge in [-0.1, -0.05) is 121 Å². The van der Waals surface area contributed by atoms with E-state index in [9.17, 15) is 51.9 Å². The van der Waals surface area contributed by atoms with Crippen molar-refractivity contribution in [2.45, 2.75) is 14.7 Å². The first-order valence-corrected chi connectivity index (χ1v) is 24.5. The van der Waals surface area contributed by atoms with E-state index in [1.165, 1.54) is 36.4 Å². The summed E-state index contributed by atoms with van der Waals surface area (Å²) in [4.78, 5) is 8.57. The Balaban J connectivity index is 0.00000576. The van der Waals surface area contributed by atoms with Gasteiger partial charge in [0.15, 0.2) is 0 Å². The average Bonchev–Trinajstić information content (AvgIpc) is 4.03. The Morgan fingerprint density at radius 1 is 0.400 bits per heavy atom. The van der Waals surface area contributed by atoms with Gasteiger partial charge < -0.3 is 15.4 Å². The van der Waals surface area contributed by atoms with Gasteiger partial charge in [-0.25, -0.2) is 9.97 Å². The summed E-state index contributed by atoms with van der Waals surface area (Å²) >= 11 is 0. The van der Waals surface area contributed by atoms with E-state index in [-0.39, 0.29) is 39.2 Å². The summed E-state index contributed by atoms with van der Waals surface area (Å²) in [6.45, 7) is 0. The molecule has 0 aliphatic carbocycles. The van der Waals surface area contributed by atoms with E-state index >= 15 is 0 Å². The van der Waals surface area contributed by atoms with Gasteiger partial charge in [-0.05, 0) is 46.5 Å². The van der Waals surface area contributed by atoms with E-state index in [0.717, 1.165) is 6.07 Å². The summed E-state index contributed by atoms with van der Waals surface area (Å²) in [5, 5.41) is 0. The summed E-state index contributed by atoms with van der Waals surface area (Å²) in [7, 11) is -23.5. The van der Waals surface area contributed by atoms with Crippen molar-refractivity contribution in [3.63, 3.8) is 0 Å². The topological polar surface area (TPSA) is 306 Å². The van der Waals surface area contributed by atoms with E-state index in [1.54, 1.807) is 54.6 Å². The third kappa shape index (κ3) is 8.12. The average molecular weight is 953 g/mol. The Morgan fingerprint density at radius 3 is 1.28 bits per heavy atom. The first-order valence-electron chi connectivity index (χ1n) is 18.7. The number of nitrogens with one attached hydrogen (secondary N) is 2. The third-order valence-corrected chi connectivity index (χ3v) is 14.2. The van der Waals surface area contributed by atoms with Gasteiger partial charge in [0.2, 0.25) is 0 Å². The van der Waals surface area contributed by atoms with E-state index in [4.69, 9.17) is 0 Å². The first kappa shape index (κ1) is 44.7. The molecular formula is C44H32N4O13S4. The molecule has 0 atom stereocenters. The number of hydrogen-bond acceptors (Lipinski definition) is 10.